The Kier molecular flexibility index (Phi) is 3.67. The van der Waals surface area contributed by atoms with Gasteiger partial charge in [0.05, 0.1) is 0 Å². The maximum Gasteiger partial charge on any atom is 0.128 e. The summed E-state index contributed by atoms with van der Waals surface area (Å²) in [5, 5.41) is 1.05. The molecule has 88 valence electrons. The summed E-state index contributed by atoms with van der Waals surface area (Å²) in [4.78, 5) is 0. The van der Waals surface area contributed by atoms with Crippen molar-refractivity contribution in [3.8, 4) is 11.1 Å². The van der Waals surface area contributed by atoms with E-state index in [0.717, 1.165) is 11.1 Å². The Hall–Kier alpha value is -1.09. The molecule has 17 heavy (non-hydrogen) atoms. The first-order valence-corrected chi connectivity index (χ1v) is 5.80. The van der Waals surface area contributed by atoms with E-state index < -0.39 is 0 Å². The lowest BCUT2D eigenvalue weighted by molar-refractivity contribution is 0.611. The van der Waals surface area contributed by atoms with Crippen molar-refractivity contribution < 1.29 is 4.39 Å². The molecule has 0 saturated heterocycles. The van der Waals surface area contributed by atoms with Crippen LogP contribution in [0.25, 0.3) is 11.1 Å². The van der Waals surface area contributed by atoms with Crippen molar-refractivity contribution in [2.45, 2.75) is 6.54 Å². The molecule has 0 aliphatic carbocycles. The maximum absolute atomic E-state index is 13.6. The monoisotopic (exact) mass is 269 g/mol. The number of rotatable bonds is 2. The minimum Gasteiger partial charge on any atom is -0.326 e. The molecule has 0 aromatic heterocycles. The van der Waals surface area contributed by atoms with Crippen molar-refractivity contribution in [1.82, 2.24) is 0 Å². The lowest BCUT2D eigenvalue weighted by Crippen LogP contribution is -1.99. The van der Waals surface area contributed by atoms with Gasteiger partial charge in [0.15, 0.2) is 0 Å². The molecule has 0 atom stereocenters. The normalized spacial score (nSPS) is 10.6. The Morgan fingerprint density at radius 1 is 0.941 bits per heavy atom. The minimum absolute atomic E-state index is 0.183. The molecule has 1 nitrogen and oxygen atoms in total. The van der Waals surface area contributed by atoms with E-state index in [1.165, 1.54) is 6.07 Å². The molecule has 0 heterocycles. The summed E-state index contributed by atoms with van der Waals surface area (Å²) in [5.41, 5.74) is 7.40. The van der Waals surface area contributed by atoms with E-state index in [-0.39, 0.29) is 12.4 Å². The first-order chi connectivity index (χ1) is 8.10. The van der Waals surface area contributed by atoms with Crippen molar-refractivity contribution in [1.29, 1.82) is 0 Å². The third-order valence-corrected chi connectivity index (χ3v) is 2.91. The largest absolute Gasteiger partial charge is 0.326 e. The van der Waals surface area contributed by atoms with Gasteiger partial charge in [0.25, 0.3) is 0 Å². The van der Waals surface area contributed by atoms with Crippen molar-refractivity contribution in [2.75, 3.05) is 0 Å². The van der Waals surface area contributed by atoms with E-state index in [1.54, 1.807) is 30.3 Å². The van der Waals surface area contributed by atoms with Crippen molar-refractivity contribution in [2.24, 2.45) is 5.73 Å². The Morgan fingerprint density at radius 3 is 2.12 bits per heavy atom. The molecule has 0 amide bonds. The number of hydrogen-bond donors (Lipinski definition) is 1. The van der Waals surface area contributed by atoms with Gasteiger partial charge >= 0.3 is 0 Å². The standard InChI is InChI=1S/C13H10Cl2FN/c14-11-3-10(4-12(15)6-11)8-1-2-9(7-17)13(16)5-8/h1-6H,7,17H2. The molecule has 2 rings (SSSR count). The molecular weight excluding hydrogens is 260 g/mol. The van der Waals surface area contributed by atoms with Crippen LogP contribution in [0.5, 0.6) is 0 Å². The Morgan fingerprint density at radius 2 is 1.59 bits per heavy atom. The molecule has 2 aromatic rings. The summed E-state index contributed by atoms with van der Waals surface area (Å²) in [5.74, 6) is -0.318. The Bertz CT molecular complexity index is 535. The van der Waals surface area contributed by atoms with Gasteiger partial charge in [-0.2, -0.15) is 0 Å². The predicted molar refractivity (Wildman–Crippen MR) is 69.7 cm³/mol. The molecule has 0 bridgehead atoms. The highest BCUT2D eigenvalue weighted by Gasteiger charge is 2.05. The van der Waals surface area contributed by atoms with E-state index >= 15 is 0 Å². The second-order valence-electron chi connectivity index (χ2n) is 3.67. The van der Waals surface area contributed by atoms with E-state index in [4.69, 9.17) is 28.9 Å². The lowest BCUT2D eigenvalue weighted by atomic mass is 10.0. The van der Waals surface area contributed by atoms with Gasteiger partial charge in [0, 0.05) is 22.2 Å². The summed E-state index contributed by atoms with van der Waals surface area (Å²) >= 11 is 11.8. The van der Waals surface area contributed by atoms with Crippen LogP contribution >= 0.6 is 23.2 Å². The molecule has 0 unspecified atom stereocenters. The Labute approximate surface area is 109 Å². The van der Waals surface area contributed by atoms with Gasteiger partial charge < -0.3 is 5.73 Å². The van der Waals surface area contributed by atoms with E-state index in [0.29, 0.717) is 15.6 Å². The lowest BCUT2D eigenvalue weighted by Gasteiger charge is -2.06. The molecule has 2 aromatic carbocycles. The number of nitrogens with two attached hydrogens (primary N) is 1. The summed E-state index contributed by atoms with van der Waals surface area (Å²) in [6, 6.07) is 10.0. The van der Waals surface area contributed by atoms with Gasteiger partial charge in [-0.15, -0.1) is 0 Å². The molecule has 2 N–H and O–H groups in total. The summed E-state index contributed by atoms with van der Waals surface area (Å²) in [6.07, 6.45) is 0. The predicted octanol–water partition coefficient (Wildman–Crippen LogP) is 4.26. The zero-order chi connectivity index (χ0) is 12.4. The van der Waals surface area contributed by atoms with Crippen LogP contribution < -0.4 is 5.73 Å². The average molecular weight is 270 g/mol. The minimum atomic E-state index is -0.318. The van der Waals surface area contributed by atoms with Crippen LogP contribution in [-0.2, 0) is 6.54 Å². The molecule has 0 fully saturated rings. The highest BCUT2D eigenvalue weighted by Crippen LogP contribution is 2.28. The first kappa shape index (κ1) is 12.4. The molecule has 0 spiro atoms. The summed E-state index contributed by atoms with van der Waals surface area (Å²) in [6.45, 7) is 0.183. The van der Waals surface area contributed by atoms with Crippen LogP contribution in [0.4, 0.5) is 4.39 Å². The van der Waals surface area contributed by atoms with E-state index in [9.17, 15) is 4.39 Å². The summed E-state index contributed by atoms with van der Waals surface area (Å²) < 4.78 is 13.6. The molecule has 4 heteroatoms. The zero-order valence-electron chi connectivity index (χ0n) is 8.88. The van der Waals surface area contributed by atoms with Gasteiger partial charge in [-0.05, 0) is 35.4 Å². The third kappa shape index (κ3) is 2.78. The van der Waals surface area contributed by atoms with Crippen LogP contribution in [0, 0.1) is 5.82 Å². The molecule has 0 aliphatic rings. The molecular formula is C13H10Cl2FN. The van der Waals surface area contributed by atoms with Crippen LogP contribution in [0.3, 0.4) is 0 Å². The maximum atomic E-state index is 13.6. The summed E-state index contributed by atoms with van der Waals surface area (Å²) in [7, 11) is 0. The quantitative estimate of drug-likeness (QED) is 0.866. The number of benzene rings is 2. The smallest absolute Gasteiger partial charge is 0.128 e. The van der Waals surface area contributed by atoms with Crippen molar-refractivity contribution in [3.05, 3.63) is 57.8 Å². The highest BCUT2D eigenvalue weighted by molar-refractivity contribution is 6.35. The van der Waals surface area contributed by atoms with Gasteiger partial charge in [-0.1, -0.05) is 35.3 Å². The molecule has 0 saturated carbocycles. The zero-order valence-corrected chi connectivity index (χ0v) is 10.4. The van der Waals surface area contributed by atoms with Gasteiger partial charge in [-0.3, -0.25) is 0 Å². The van der Waals surface area contributed by atoms with E-state index in [1.807, 2.05) is 0 Å². The molecule has 0 radical (unpaired) electrons. The van der Waals surface area contributed by atoms with Crippen molar-refractivity contribution in [3.63, 3.8) is 0 Å². The van der Waals surface area contributed by atoms with Crippen LogP contribution in [0.2, 0.25) is 10.0 Å². The fraction of sp³-hybridized carbons (Fsp3) is 0.0769. The van der Waals surface area contributed by atoms with Crippen LogP contribution in [0.15, 0.2) is 36.4 Å². The van der Waals surface area contributed by atoms with E-state index in [2.05, 4.69) is 0 Å². The van der Waals surface area contributed by atoms with Gasteiger partial charge in [0.2, 0.25) is 0 Å². The van der Waals surface area contributed by atoms with Crippen LogP contribution in [-0.4, -0.2) is 0 Å². The number of hydrogen-bond acceptors (Lipinski definition) is 1. The molecule has 0 aliphatic heterocycles. The Balaban J connectivity index is 2.49. The van der Waals surface area contributed by atoms with Crippen LogP contribution in [0.1, 0.15) is 5.56 Å². The second kappa shape index (κ2) is 5.05. The SMILES string of the molecule is NCc1ccc(-c2cc(Cl)cc(Cl)c2)cc1F. The fourth-order valence-corrected chi connectivity index (χ4v) is 2.14. The first-order valence-electron chi connectivity index (χ1n) is 5.05. The average Bonchev–Trinajstić information content (AvgIpc) is 2.27. The second-order valence-corrected chi connectivity index (χ2v) is 4.54. The highest BCUT2D eigenvalue weighted by atomic mass is 35.5. The number of halogens is 3. The van der Waals surface area contributed by atoms with Crippen molar-refractivity contribution >= 4 is 23.2 Å². The fourth-order valence-electron chi connectivity index (χ4n) is 1.61. The topological polar surface area (TPSA) is 26.0 Å². The van der Waals surface area contributed by atoms with Gasteiger partial charge in [0.1, 0.15) is 5.82 Å². The third-order valence-electron chi connectivity index (χ3n) is 2.47. The van der Waals surface area contributed by atoms with Gasteiger partial charge in [-0.25, -0.2) is 4.39 Å².